The van der Waals surface area contributed by atoms with E-state index in [1.54, 1.807) is 6.92 Å². The van der Waals surface area contributed by atoms with Crippen molar-refractivity contribution in [1.82, 2.24) is 15.5 Å². The van der Waals surface area contributed by atoms with E-state index in [1.807, 2.05) is 14.0 Å². The van der Waals surface area contributed by atoms with Gasteiger partial charge in [0.25, 0.3) is 0 Å². The predicted molar refractivity (Wildman–Crippen MR) is 113 cm³/mol. The second kappa shape index (κ2) is 16.0. The van der Waals surface area contributed by atoms with Crippen LogP contribution in [-0.4, -0.2) is 61.2 Å². The highest BCUT2D eigenvalue weighted by atomic mass is 16.2. The van der Waals surface area contributed by atoms with E-state index < -0.39 is 0 Å². The van der Waals surface area contributed by atoms with Gasteiger partial charge in [-0.1, -0.05) is 19.3 Å². The molecule has 4 N–H and O–H groups in total. The SMILES string of the molecule is CC(=O)NCCCCCC(=O)NC(N)=NCCCCCCN(C)[C@H](C)C(C)=O. The average Bonchev–Trinajstić information content (AvgIpc) is 2.62. The fourth-order valence-corrected chi connectivity index (χ4v) is 2.63. The molecule has 162 valence electrons. The van der Waals surface area contributed by atoms with Gasteiger partial charge < -0.3 is 11.1 Å². The highest BCUT2D eigenvalue weighted by Gasteiger charge is 2.12. The zero-order valence-corrected chi connectivity index (χ0v) is 18.1. The van der Waals surface area contributed by atoms with Gasteiger partial charge >= 0.3 is 0 Å². The van der Waals surface area contributed by atoms with Crippen LogP contribution in [-0.2, 0) is 14.4 Å². The summed E-state index contributed by atoms with van der Waals surface area (Å²) in [7, 11) is 1.97. The molecular formula is C20H39N5O3. The molecule has 2 amide bonds. The number of carbonyl (C=O) groups is 3. The molecule has 0 aliphatic rings. The molecule has 0 aliphatic carbocycles. The molecule has 0 rings (SSSR count). The Morgan fingerprint density at radius 2 is 1.64 bits per heavy atom. The number of nitrogens with one attached hydrogen (secondary N) is 2. The lowest BCUT2D eigenvalue weighted by atomic mass is 10.1. The number of nitrogens with zero attached hydrogens (tertiary/aromatic N) is 2. The number of rotatable bonds is 15. The maximum atomic E-state index is 11.8. The van der Waals surface area contributed by atoms with Crippen LogP contribution in [0.15, 0.2) is 4.99 Å². The van der Waals surface area contributed by atoms with Gasteiger partial charge in [0, 0.05) is 26.4 Å². The number of hydrogen-bond donors (Lipinski definition) is 3. The normalized spacial score (nSPS) is 12.7. The fraction of sp³-hybridized carbons (Fsp3) is 0.800. The topological polar surface area (TPSA) is 117 Å². The first-order valence-corrected chi connectivity index (χ1v) is 10.3. The van der Waals surface area contributed by atoms with Gasteiger partial charge in [-0.05, 0) is 53.1 Å². The second-order valence-corrected chi connectivity index (χ2v) is 7.29. The van der Waals surface area contributed by atoms with Gasteiger partial charge in [-0.25, -0.2) is 0 Å². The molecule has 0 aromatic heterocycles. The van der Waals surface area contributed by atoms with Crippen LogP contribution in [0.2, 0.25) is 0 Å². The maximum absolute atomic E-state index is 11.8. The minimum absolute atomic E-state index is 0.0229. The van der Waals surface area contributed by atoms with Crippen LogP contribution < -0.4 is 16.4 Å². The van der Waals surface area contributed by atoms with E-state index in [2.05, 4.69) is 20.5 Å². The van der Waals surface area contributed by atoms with Gasteiger partial charge in [-0.3, -0.25) is 29.6 Å². The standard InChI is InChI=1S/C20H39N5O3/c1-16(17(2)26)25(4)15-11-6-5-9-14-23-20(21)24-19(28)12-8-7-10-13-22-18(3)27/h16H,5-15H2,1-4H3,(H,22,27)(H3,21,23,24,28)/t16-/m1/s1. The molecule has 8 nitrogen and oxygen atoms in total. The van der Waals surface area contributed by atoms with Gasteiger partial charge in [-0.2, -0.15) is 0 Å². The third-order valence-electron chi connectivity index (χ3n) is 4.67. The monoisotopic (exact) mass is 397 g/mol. The zero-order chi connectivity index (χ0) is 21.4. The van der Waals surface area contributed by atoms with E-state index in [9.17, 15) is 14.4 Å². The van der Waals surface area contributed by atoms with E-state index in [1.165, 1.54) is 6.92 Å². The Labute approximate surface area is 169 Å². The molecule has 0 aromatic rings. The van der Waals surface area contributed by atoms with Crippen molar-refractivity contribution >= 4 is 23.6 Å². The van der Waals surface area contributed by atoms with Crippen LogP contribution in [0.25, 0.3) is 0 Å². The highest BCUT2D eigenvalue weighted by molar-refractivity contribution is 5.96. The summed E-state index contributed by atoms with van der Waals surface area (Å²) in [5.41, 5.74) is 5.73. The quantitative estimate of drug-likeness (QED) is 0.220. The predicted octanol–water partition coefficient (Wildman–Crippen LogP) is 1.58. The molecule has 0 saturated carbocycles. The number of guanidine groups is 1. The number of carbonyl (C=O) groups excluding carboxylic acids is 3. The minimum atomic E-state index is -0.122. The van der Waals surface area contributed by atoms with Crippen LogP contribution >= 0.6 is 0 Å². The molecule has 0 unspecified atom stereocenters. The first kappa shape index (κ1) is 26.0. The van der Waals surface area contributed by atoms with Crippen molar-refractivity contribution in [3.63, 3.8) is 0 Å². The van der Waals surface area contributed by atoms with Gasteiger partial charge in [0.2, 0.25) is 11.8 Å². The van der Waals surface area contributed by atoms with Crippen LogP contribution in [0, 0.1) is 0 Å². The van der Waals surface area contributed by atoms with Gasteiger partial charge in [0.1, 0.15) is 5.78 Å². The average molecular weight is 398 g/mol. The number of likely N-dealkylation sites (N-methyl/N-ethyl adjacent to an activating group) is 1. The molecule has 0 aromatic carbocycles. The van der Waals surface area contributed by atoms with Crippen molar-refractivity contribution in [2.24, 2.45) is 10.7 Å². The largest absolute Gasteiger partial charge is 0.370 e. The van der Waals surface area contributed by atoms with Crippen molar-refractivity contribution in [3.05, 3.63) is 0 Å². The van der Waals surface area contributed by atoms with Crippen molar-refractivity contribution in [2.75, 3.05) is 26.7 Å². The van der Waals surface area contributed by atoms with Gasteiger partial charge in [0.05, 0.1) is 6.04 Å². The molecule has 0 bridgehead atoms. The summed E-state index contributed by atoms with van der Waals surface area (Å²) in [5, 5.41) is 5.34. The lowest BCUT2D eigenvalue weighted by molar-refractivity contribution is -0.121. The minimum Gasteiger partial charge on any atom is -0.370 e. The summed E-state index contributed by atoms with van der Waals surface area (Å²) >= 11 is 0. The smallest absolute Gasteiger partial charge is 0.226 e. The van der Waals surface area contributed by atoms with Gasteiger partial charge in [0.15, 0.2) is 5.96 Å². The Morgan fingerprint density at radius 3 is 2.29 bits per heavy atom. The number of hydrogen-bond acceptors (Lipinski definition) is 5. The molecule has 0 aliphatic heterocycles. The molecule has 0 heterocycles. The Bertz CT molecular complexity index is 508. The lowest BCUT2D eigenvalue weighted by Gasteiger charge is -2.22. The number of amides is 2. The number of ketones is 1. The fourth-order valence-electron chi connectivity index (χ4n) is 2.63. The van der Waals surface area contributed by atoms with Crippen molar-refractivity contribution < 1.29 is 14.4 Å². The third-order valence-corrected chi connectivity index (χ3v) is 4.67. The van der Waals surface area contributed by atoms with Crippen molar-refractivity contribution in [3.8, 4) is 0 Å². The van der Waals surface area contributed by atoms with E-state index in [0.29, 0.717) is 19.5 Å². The molecular weight excluding hydrogens is 358 g/mol. The lowest BCUT2D eigenvalue weighted by Crippen LogP contribution is -2.36. The van der Waals surface area contributed by atoms with Crippen molar-refractivity contribution in [2.45, 2.75) is 78.2 Å². The molecule has 1 atom stereocenters. The highest BCUT2D eigenvalue weighted by Crippen LogP contribution is 2.04. The molecule has 0 radical (unpaired) electrons. The van der Waals surface area contributed by atoms with Crippen LogP contribution in [0.5, 0.6) is 0 Å². The zero-order valence-electron chi connectivity index (χ0n) is 18.1. The number of Topliss-reactive ketones (excluding diaryl/α,β-unsaturated/α-hetero) is 1. The first-order valence-electron chi connectivity index (χ1n) is 10.3. The summed E-state index contributed by atoms with van der Waals surface area (Å²) in [6.07, 6.45) is 7.00. The van der Waals surface area contributed by atoms with Crippen LogP contribution in [0.3, 0.4) is 0 Å². The summed E-state index contributed by atoms with van der Waals surface area (Å²) in [6.45, 7) is 7.20. The summed E-state index contributed by atoms with van der Waals surface area (Å²) < 4.78 is 0. The Hall–Kier alpha value is -1.96. The molecule has 8 heteroatoms. The number of unbranched alkanes of at least 4 members (excludes halogenated alkanes) is 5. The third kappa shape index (κ3) is 15.1. The van der Waals surface area contributed by atoms with Crippen LogP contribution in [0.4, 0.5) is 0 Å². The van der Waals surface area contributed by atoms with E-state index in [-0.39, 0.29) is 29.6 Å². The Balaban J connectivity index is 3.66. The second-order valence-electron chi connectivity index (χ2n) is 7.29. The Kier molecular flexibility index (Phi) is 14.9. The Morgan fingerprint density at radius 1 is 1.00 bits per heavy atom. The molecule has 0 spiro atoms. The first-order chi connectivity index (χ1) is 13.2. The van der Waals surface area contributed by atoms with Crippen molar-refractivity contribution in [1.29, 1.82) is 0 Å². The molecule has 0 saturated heterocycles. The van der Waals surface area contributed by atoms with Gasteiger partial charge in [-0.15, -0.1) is 0 Å². The molecule has 0 fully saturated rings. The van der Waals surface area contributed by atoms with E-state index in [0.717, 1.165) is 51.5 Å². The summed E-state index contributed by atoms with van der Waals surface area (Å²) in [6, 6.07) is -0.0229. The number of nitrogens with two attached hydrogens (primary N) is 1. The van der Waals surface area contributed by atoms with E-state index >= 15 is 0 Å². The van der Waals surface area contributed by atoms with Crippen LogP contribution in [0.1, 0.15) is 72.1 Å². The summed E-state index contributed by atoms with van der Waals surface area (Å²) in [4.78, 5) is 40.1. The number of aliphatic imine (C=N–C) groups is 1. The van der Waals surface area contributed by atoms with E-state index in [4.69, 9.17) is 5.73 Å². The summed E-state index contributed by atoms with van der Waals surface area (Å²) in [5.74, 6) is 0.220. The maximum Gasteiger partial charge on any atom is 0.226 e. The molecule has 28 heavy (non-hydrogen) atoms.